The first-order chi connectivity index (χ1) is 14.5. The number of ether oxygens (including phenoxy) is 1. The van der Waals surface area contributed by atoms with Crippen LogP contribution in [0.15, 0.2) is 54.6 Å². The minimum Gasteiger partial charge on any atom is -0.495 e. The number of benzene rings is 3. The maximum atomic E-state index is 12.1. The molecule has 1 amide bonds. The van der Waals surface area contributed by atoms with Crippen molar-refractivity contribution in [2.75, 3.05) is 7.11 Å². The molecule has 0 aliphatic rings. The van der Waals surface area contributed by atoms with Crippen LogP contribution in [0, 0.1) is 0 Å². The molecule has 0 fully saturated rings. The summed E-state index contributed by atoms with van der Waals surface area (Å²) in [5, 5.41) is 2.53. The average Bonchev–Trinajstić information content (AvgIpc) is 3.05. The van der Waals surface area contributed by atoms with Gasteiger partial charge < -0.3 is 15.0 Å². The third kappa shape index (κ3) is 3.63. The Labute approximate surface area is 181 Å². The summed E-state index contributed by atoms with van der Waals surface area (Å²) in [4.78, 5) is 12.1. The van der Waals surface area contributed by atoms with Crippen LogP contribution >= 0.6 is 11.6 Å². The Hall–Kier alpha value is -2.98. The van der Waals surface area contributed by atoms with E-state index < -0.39 is 5.91 Å². The van der Waals surface area contributed by atoms with E-state index in [1.807, 2.05) is 30.3 Å². The molecule has 0 spiro atoms. The highest BCUT2D eigenvalue weighted by Crippen LogP contribution is 2.34. The van der Waals surface area contributed by atoms with Crippen molar-refractivity contribution in [3.8, 4) is 5.75 Å². The van der Waals surface area contributed by atoms with Gasteiger partial charge in [-0.1, -0.05) is 49.2 Å². The molecule has 0 radical (unpaired) electrons. The molecule has 0 bridgehead atoms. The molecule has 2 N–H and O–H groups in total. The number of rotatable bonds is 7. The third-order valence-corrected chi connectivity index (χ3v) is 5.89. The number of aryl methyl sites for hydroxylation is 1. The second kappa shape index (κ2) is 8.41. The van der Waals surface area contributed by atoms with Crippen molar-refractivity contribution < 1.29 is 9.53 Å². The first-order valence-electron chi connectivity index (χ1n) is 10.2. The lowest BCUT2D eigenvalue weighted by molar-refractivity contribution is 0.100. The maximum Gasteiger partial charge on any atom is 0.249 e. The normalized spacial score (nSPS) is 11.3. The Morgan fingerprint density at radius 3 is 2.57 bits per heavy atom. The van der Waals surface area contributed by atoms with E-state index in [1.165, 1.54) is 5.56 Å². The molecule has 0 unspecified atom stereocenters. The van der Waals surface area contributed by atoms with Gasteiger partial charge in [0.05, 0.1) is 17.6 Å². The summed E-state index contributed by atoms with van der Waals surface area (Å²) in [6.07, 6.45) is 3.33. The smallest absolute Gasteiger partial charge is 0.249 e. The van der Waals surface area contributed by atoms with Crippen LogP contribution in [0.3, 0.4) is 0 Å². The van der Waals surface area contributed by atoms with Crippen molar-refractivity contribution in [3.05, 3.63) is 76.3 Å². The predicted molar refractivity (Wildman–Crippen MR) is 124 cm³/mol. The molecule has 30 heavy (non-hydrogen) atoms. The largest absolute Gasteiger partial charge is 0.495 e. The lowest BCUT2D eigenvalue weighted by Crippen LogP contribution is -2.11. The van der Waals surface area contributed by atoms with Crippen LogP contribution in [0.5, 0.6) is 5.75 Å². The number of nitrogens with two attached hydrogens (primary N) is 1. The molecule has 1 aromatic heterocycles. The zero-order valence-electron chi connectivity index (χ0n) is 17.2. The molecule has 4 aromatic rings. The van der Waals surface area contributed by atoms with Gasteiger partial charge in [0.2, 0.25) is 5.91 Å². The van der Waals surface area contributed by atoms with Gasteiger partial charge in [0, 0.05) is 28.4 Å². The molecule has 5 heteroatoms. The Balaban J connectivity index is 1.93. The van der Waals surface area contributed by atoms with Gasteiger partial charge in [-0.05, 0) is 54.3 Å². The summed E-state index contributed by atoms with van der Waals surface area (Å²) < 4.78 is 7.52. The number of unbranched alkanes of at least 4 members (excludes halogenated alkanes) is 1. The number of aromatic nitrogens is 1. The number of methoxy groups -OCH3 is 1. The third-order valence-electron chi connectivity index (χ3n) is 5.60. The molecular weight excluding hydrogens is 396 g/mol. The fourth-order valence-corrected chi connectivity index (χ4v) is 4.37. The second-order valence-electron chi connectivity index (χ2n) is 7.57. The highest BCUT2D eigenvalue weighted by molar-refractivity contribution is 6.32. The fourth-order valence-electron chi connectivity index (χ4n) is 4.09. The van der Waals surface area contributed by atoms with E-state index in [2.05, 4.69) is 29.7 Å². The Morgan fingerprint density at radius 1 is 1.07 bits per heavy atom. The summed E-state index contributed by atoms with van der Waals surface area (Å²) in [5.41, 5.74) is 10.7. The molecule has 0 saturated heterocycles. The van der Waals surface area contributed by atoms with Crippen molar-refractivity contribution in [2.24, 2.45) is 5.73 Å². The molecule has 3 aromatic carbocycles. The van der Waals surface area contributed by atoms with E-state index in [0.717, 1.165) is 46.6 Å². The Kier molecular flexibility index (Phi) is 5.69. The van der Waals surface area contributed by atoms with Gasteiger partial charge >= 0.3 is 0 Å². The number of amides is 1. The number of halogens is 1. The van der Waals surface area contributed by atoms with E-state index in [9.17, 15) is 4.79 Å². The number of fused-ring (bicyclic) bond motifs is 3. The Bertz CT molecular complexity index is 1240. The maximum absolute atomic E-state index is 12.1. The lowest BCUT2D eigenvalue weighted by Gasteiger charge is -2.11. The van der Waals surface area contributed by atoms with Crippen LogP contribution in [0.1, 0.15) is 41.3 Å². The zero-order valence-corrected chi connectivity index (χ0v) is 18.0. The summed E-state index contributed by atoms with van der Waals surface area (Å²) in [6.45, 7) is 2.82. The highest BCUT2D eigenvalue weighted by atomic mass is 35.5. The van der Waals surface area contributed by atoms with Gasteiger partial charge in [-0.15, -0.1) is 0 Å². The van der Waals surface area contributed by atoms with Gasteiger partial charge in [0.15, 0.2) is 0 Å². The predicted octanol–water partition coefficient (Wildman–Crippen LogP) is 5.95. The van der Waals surface area contributed by atoms with Crippen molar-refractivity contribution in [1.29, 1.82) is 0 Å². The van der Waals surface area contributed by atoms with E-state index in [1.54, 1.807) is 13.2 Å². The number of nitrogens with zero attached hydrogens (tertiary/aromatic N) is 1. The molecule has 4 nitrogen and oxygen atoms in total. The van der Waals surface area contributed by atoms with E-state index in [0.29, 0.717) is 22.9 Å². The zero-order chi connectivity index (χ0) is 21.3. The van der Waals surface area contributed by atoms with Crippen LogP contribution in [0.25, 0.3) is 21.8 Å². The Morgan fingerprint density at radius 2 is 1.87 bits per heavy atom. The molecule has 0 saturated carbocycles. The van der Waals surface area contributed by atoms with E-state index in [-0.39, 0.29) is 0 Å². The van der Waals surface area contributed by atoms with Gasteiger partial charge in [-0.25, -0.2) is 0 Å². The number of hydrogen-bond acceptors (Lipinski definition) is 2. The summed E-state index contributed by atoms with van der Waals surface area (Å²) in [7, 11) is 1.61. The van der Waals surface area contributed by atoms with Crippen LogP contribution in [0.4, 0.5) is 0 Å². The first-order valence-corrected chi connectivity index (χ1v) is 10.6. The SMILES string of the molecule is CCCCc1ccc2c3c(C(N)=O)cccc3n(Cc3ccc(OC)c(Cl)c3)c2c1. The number of primary amides is 1. The monoisotopic (exact) mass is 420 g/mol. The van der Waals surface area contributed by atoms with Crippen LogP contribution in [-0.4, -0.2) is 17.6 Å². The minimum absolute atomic E-state index is 0.415. The van der Waals surface area contributed by atoms with Crippen molar-refractivity contribution in [1.82, 2.24) is 4.57 Å². The molecule has 4 rings (SSSR count). The van der Waals surface area contributed by atoms with E-state index in [4.69, 9.17) is 22.1 Å². The van der Waals surface area contributed by atoms with Gasteiger partial charge in [-0.2, -0.15) is 0 Å². The molecule has 0 atom stereocenters. The van der Waals surface area contributed by atoms with Crippen molar-refractivity contribution in [2.45, 2.75) is 32.7 Å². The van der Waals surface area contributed by atoms with Crippen LogP contribution < -0.4 is 10.5 Å². The first kappa shape index (κ1) is 20.3. The summed E-state index contributed by atoms with van der Waals surface area (Å²) in [6, 6.07) is 18.1. The molecule has 1 heterocycles. The molecule has 0 aliphatic heterocycles. The number of carbonyl (C=O) groups excluding carboxylic acids is 1. The van der Waals surface area contributed by atoms with Crippen LogP contribution in [0.2, 0.25) is 5.02 Å². The topological polar surface area (TPSA) is 57.2 Å². The summed E-state index contributed by atoms with van der Waals surface area (Å²) in [5.74, 6) is 0.239. The quantitative estimate of drug-likeness (QED) is 0.401. The number of hydrogen-bond donors (Lipinski definition) is 1. The molecule has 154 valence electrons. The van der Waals surface area contributed by atoms with Gasteiger partial charge in [0.1, 0.15) is 5.75 Å². The average molecular weight is 421 g/mol. The number of carbonyl (C=O) groups is 1. The lowest BCUT2D eigenvalue weighted by atomic mass is 10.0. The minimum atomic E-state index is -0.415. The second-order valence-corrected chi connectivity index (χ2v) is 7.98. The molecule has 0 aliphatic carbocycles. The van der Waals surface area contributed by atoms with Crippen molar-refractivity contribution >= 4 is 39.3 Å². The fraction of sp³-hybridized carbons (Fsp3) is 0.240. The van der Waals surface area contributed by atoms with Gasteiger partial charge in [0.25, 0.3) is 0 Å². The standard InChI is InChI=1S/C25H25ClN2O2/c1-3-4-6-16-9-11-18-22(14-16)28(15-17-10-12-23(30-2)20(26)13-17)21-8-5-7-19(24(18)21)25(27)29/h5,7-14H,3-4,6,15H2,1-2H3,(H2,27,29). The van der Waals surface area contributed by atoms with Gasteiger partial charge in [-0.3, -0.25) is 4.79 Å². The van der Waals surface area contributed by atoms with E-state index >= 15 is 0 Å². The summed E-state index contributed by atoms with van der Waals surface area (Å²) >= 11 is 6.36. The van der Waals surface area contributed by atoms with Crippen molar-refractivity contribution in [3.63, 3.8) is 0 Å². The van der Waals surface area contributed by atoms with Crippen LogP contribution in [-0.2, 0) is 13.0 Å². The molecular formula is C25H25ClN2O2. The highest BCUT2D eigenvalue weighted by Gasteiger charge is 2.17.